The average molecular weight is 470 g/mol. The Hall–Kier alpha value is -2.22. The number of hydrogen-bond acceptors (Lipinski definition) is 6. The number of carbonyl (C=O) groups excluding carboxylic acids is 2. The fourth-order valence-corrected chi connectivity index (χ4v) is 6.19. The van der Waals surface area contributed by atoms with Crippen molar-refractivity contribution in [3.8, 4) is 0 Å². The molecule has 1 N–H and O–H groups in total. The number of carbonyl (C=O) groups is 2. The second-order valence-corrected chi connectivity index (χ2v) is 10.3. The van der Waals surface area contributed by atoms with Crippen molar-refractivity contribution >= 4 is 28.2 Å². The van der Waals surface area contributed by atoms with Gasteiger partial charge in [0.15, 0.2) is 0 Å². The molecule has 1 aliphatic carbocycles. The van der Waals surface area contributed by atoms with Crippen molar-refractivity contribution in [2.24, 2.45) is 5.92 Å². The molecule has 1 fully saturated rings. The predicted octanol–water partition coefficient (Wildman–Crippen LogP) is 4.19. The third kappa shape index (κ3) is 5.65. The van der Waals surface area contributed by atoms with Gasteiger partial charge in [-0.25, -0.2) is 4.79 Å². The third-order valence-electron chi connectivity index (χ3n) is 6.81. The number of nitrogens with one attached hydrogen (secondary N) is 1. The van der Waals surface area contributed by atoms with E-state index in [-0.39, 0.29) is 17.9 Å². The van der Waals surface area contributed by atoms with E-state index in [2.05, 4.69) is 46.3 Å². The van der Waals surface area contributed by atoms with Gasteiger partial charge in [-0.1, -0.05) is 37.3 Å². The van der Waals surface area contributed by atoms with Crippen LogP contribution in [0, 0.1) is 5.92 Å². The van der Waals surface area contributed by atoms with Crippen LogP contribution in [0.5, 0.6) is 0 Å². The highest BCUT2D eigenvalue weighted by Gasteiger charge is 2.31. The van der Waals surface area contributed by atoms with E-state index < -0.39 is 0 Å². The molecule has 178 valence electrons. The SMILES string of the molecule is CCOC(=O)c1c(NC(=O)[C@H](C)N2CCN(Cc3ccccc3)CC2)sc2c1CC[C@H](C)C2. The van der Waals surface area contributed by atoms with Crippen LogP contribution >= 0.6 is 11.3 Å². The molecule has 2 heterocycles. The summed E-state index contributed by atoms with van der Waals surface area (Å²) in [6.07, 6.45) is 2.89. The first kappa shape index (κ1) is 23.9. The number of fused-ring (bicyclic) bond motifs is 1. The molecule has 1 aromatic heterocycles. The monoisotopic (exact) mass is 469 g/mol. The highest BCUT2D eigenvalue weighted by Crippen LogP contribution is 2.40. The molecule has 0 bridgehead atoms. The summed E-state index contributed by atoms with van der Waals surface area (Å²) in [6, 6.07) is 10.3. The van der Waals surface area contributed by atoms with Crippen molar-refractivity contribution in [2.75, 3.05) is 38.1 Å². The molecule has 0 radical (unpaired) electrons. The van der Waals surface area contributed by atoms with E-state index in [1.807, 2.05) is 19.9 Å². The Kier molecular flexibility index (Phi) is 7.83. The number of piperazine rings is 1. The number of esters is 1. The zero-order chi connectivity index (χ0) is 23.4. The number of benzene rings is 1. The number of amides is 1. The van der Waals surface area contributed by atoms with Crippen molar-refractivity contribution in [1.82, 2.24) is 9.80 Å². The minimum absolute atomic E-state index is 0.0521. The minimum Gasteiger partial charge on any atom is -0.462 e. The van der Waals surface area contributed by atoms with E-state index in [4.69, 9.17) is 4.74 Å². The second kappa shape index (κ2) is 10.8. The summed E-state index contributed by atoms with van der Waals surface area (Å²) in [5.74, 6) is 0.228. The molecule has 0 spiro atoms. The molecule has 0 saturated carbocycles. The topological polar surface area (TPSA) is 61.9 Å². The lowest BCUT2D eigenvalue weighted by Crippen LogP contribution is -2.52. The first-order valence-corrected chi connectivity index (χ1v) is 12.9. The standard InChI is InChI=1S/C26H35N3O3S/c1-4-32-26(31)23-21-11-10-18(2)16-22(21)33-25(23)27-24(30)19(3)29-14-12-28(13-15-29)17-20-8-6-5-7-9-20/h5-9,18-19H,4,10-17H2,1-3H3,(H,27,30)/t18-,19-/m0/s1. The molecule has 1 amide bonds. The summed E-state index contributed by atoms with van der Waals surface area (Å²) in [4.78, 5) is 31.8. The van der Waals surface area contributed by atoms with Gasteiger partial charge >= 0.3 is 5.97 Å². The zero-order valence-corrected chi connectivity index (χ0v) is 20.7. The normalized spacial score (nSPS) is 20.2. The van der Waals surface area contributed by atoms with Gasteiger partial charge in [0.1, 0.15) is 5.00 Å². The lowest BCUT2D eigenvalue weighted by molar-refractivity contribution is -0.121. The lowest BCUT2D eigenvalue weighted by atomic mass is 9.88. The van der Waals surface area contributed by atoms with Crippen LogP contribution in [0.1, 0.15) is 53.6 Å². The summed E-state index contributed by atoms with van der Waals surface area (Å²) in [5, 5.41) is 3.75. The van der Waals surface area contributed by atoms with Gasteiger partial charge < -0.3 is 10.1 Å². The fourth-order valence-electron chi connectivity index (χ4n) is 4.79. The first-order chi connectivity index (χ1) is 16.0. The number of rotatable bonds is 7. The largest absolute Gasteiger partial charge is 0.462 e. The highest BCUT2D eigenvalue weighted by molar-refractivity contribution is 7.17. The Balaban J connectivity index is 1.39. The van der Waals surface area contributed by atoms with Crippen LogP contribution in [0.3, 0.4) is 0 Å². The van der Waals surface area contributed by atoms with Gasteiger partial charge in [0, 0.05) is 37.6 Å². The number of nitrogens with zero attached hydrogens (tertiary/aromatic N) is 2. The van der Waals surface area contributed by atoms with Crippen molar-refractivity contribution in [1.29, 1.82) is 0 Å². The number of hydrogen-bond donors (Lipinski definition) is 1. The van der Waals surface area contributed by atoms with Gasteiger partial charge in [0.25, 0.3) is 0 Å². The van der Waals surface area contributed by atoms with Gasteiger partial charge in [-0.3, -0.25) is 14.6 Å². The van der Waals surface area contributed by atoms with E-state index in [0.717, 1.165) is 57.5 Å². The quantitative estimate of drug-likeness (QED) is 0.616. The minimum atomic E-state index is -0.318. The maximum atomic E-state index is 13.2. The number of ether oxygens (including phenoxy) is 1. The summed E-state index contributed by atoms with van der Waals surface area (Å²) in [6.45, 7) is 10.9. The zero-order valence-electron chi connectivity index (χ0n) is 19.9. The van der Waals surface area contributed by atoms with Gasteiger partial charge in [-0.05, 0) is 50.2 Å². The van der Waals surface area contributed by atoms with Gasteiger partial charge in [-0.2, -0.15) is 0 Å². The van der Waals surface area contributed by atoms with Crippen molar-refractivity contribution in [3.05, 3.63) is 51.9 Å². The fraction of sp³-hybridized carbons (Fsp3) is 0.538. The van der Waals surface area contributed by atoms with E-state index in [1.54, 1.807) is 11.3 Å². The van der Waals surface area contributed by atoms with E-state index in [1.165, 1.54) is 10.4 Å². The van der Waals surface area contributed by atoms with Crippen molar-refractivity contribution in [2.45, 2.75) is 52.6 Å². The third-order valence-corrected chi connectivity index (χ3v) is 7.98. The van der Waals surface area contributed by atoms with E-state index in [9.17, 15) is 9.59 Å². The van der Waals surface area contributed by atoms with Gasteiger partial charge in [0.2, 0.25) is 5.91 Å². The molecule has 0 unspecified atom stereocenters. The molecule has 7 heteroatoms. The second-order valence-electron chi connectivity index (χ2n) is 9.24. The molecule has 2 atom stereocenters. The summed E-state index contributed by atoms with van der Waals surface area (Å²) in [7, 11) is 0. The highest BCUT2D eigenvalue weighted by atomic mass is 32.1. The Morgan fingerprint density at radius 3 is 2.61 bits per heavy atom. The van der Waals surface area contributed by atoms with Crippen LogP contribution in [-0.2, 0) is 28.9 Å². The van der Waals surface area contributed by atoms with Crippen LogP contribution in [0.15, 0.2) is 30.3 Å². The lowest BCUT2D eigenvalue weighted by Gasteiger charge is -2.37. The van der Waals surface area contributed by atoms with Gasteiger partial charge in [-0.15, -0.1) is 11.3 Å². The summed E-state index contributed by atoms with van der Waals surface area (Å²) >= 11 is 1.55. The Labute approximate surface area is 200 Å². The van der Waals surface area contributed by atoms with Crippen molar-refractivity contribution in [3.63, 3.8) is 0 Å². The molecule has 6 nitrogen and oxygen atoms in total. The van der Waals surface area contributed by atoms with Crippen LogP contribution in [0.4, 0.5) is 5.00 Å². The summed E-state index contributed by atoms with van der Waals surface area (Å²) in [5.41, 5.74) is 2.98. The Morgan fingerprint density at radius 1 is 1.18 bits per heavy atom. The van der Waals surface area contributed by atoms with Crippen molar-refractivity contribution < 1.29 is 14.3 Å². The average Bonchev–Trinajstić information content (AvgIpc) is 3.16. The van der Waals surface area contributed by atoms with E-state index >= 15 is 0 Å². The predicted molar refractivity (Wildman–Crippen MR) is 133 cm³/mol. The molecular weight excluding hydrogens is 434 g/mol. The molecule has 1 aromatic carbocycles. The molecule has 2 aliphatic rings. The molecule has 2 aromatic rings. The maximum absolute atomic E-state index is 13.2. The van der Waals surface area contributed by atoms with Crippen LogP contribution in [-0.4, -0.2) is 60.5 Å². The van der Waals surface area contributed by atoms with Crippen LogP contribution < -0.4 is 5.32 Å². The number of thiophene rings is 1. The molecular formula is C26H35N3O3S. The number of anilines is 1. The molecule has 33 heavy (non-hydrogen) atoms. The molecule has 1 aliphatic heterocycles. The van der Waals surface area contributed by atoms with Crippen LogP contribution in [0.2, 0.25) is 0 Å². The summed E-state index contributed by atoms with van der Waals surface area (Å²) < 4.78 is 5.34. The van der Waals surface area contributed by atoms with Gasteiger partial charge in [0.05, 0.1) is 18.2 Å². The Morgan fingerprint density at radius 2 is 1.91 bits per heavy atom. The Bertz CT molecular complexity index is 967. The first-order valence-electron chi connectivity index (χ1n) is 12.1. The maximum Gasteiger partial charge on any atom is 0.341 e. The molecule has 4 rings (SSSR count). The van der Waals surface area contributed by atoms with Crippen LogP contribution in [0.25, 0.3) is 0 Å². The smallest absolute Gasteiger partial charge is 0.341 e. The molecule has 1 saturated heterocycles. The van der Waals surface area contributed by atoms with E-state index in [0.29, 0.717) is 23.1 Å².